The number of rotatable bonds is 6. The van der Waals surface area contributed by atoms with Crippen LogP contribution in [-0.4, -0.2) is 24.6 Å². The third-order valence-corrected chi connectivity index (χ3v) is 8.25. The molecule has 0 aliphatic heterocycles. The number of aromatic hydroxyl groups is 1. The molecule has 0 unspecified atom stereocenters. The molecule has 0 bridgehead atoms. The first kappa shape index (κ1) is 27.2. The van der Waals surface area contributed by atoms with Crippen LogP contribution in [0.4, 0.5) is 0 Å². The minimum atomic E-state index is 0.173. The lowest BCUT2D eigenvalue weighted by Gasteiger charge is -2.10. The molecular weight excluding hydrogens is 564 g/mol. The zero-order valence-corrected chi connectivity index (χ0v) is 24.8. The lowest BCUT2D eigenvalue weighted by Crippen LogP contribution is -1.97. The van der Waals surface area contributed by atoms with Crippen molar-refractivity contribution >= 4 is 11.0 Å². The molecule has 0 aliphatic carbocycles. The van der Waals surface area contributed by atoms with Crippen molar-refractivity contribution in [2.75, 3.05) is 0 Å². The number of nitrogens with zero attached hydrogens (tertiary/aromatic N) is 4. The number of phenolic OH excluding ortho intramolecular Hbond substituents is 1. The second-order valence-electron chi connectivity index (χ2n) is 11.1. The third kappa shape index (κ3) is 5.00. The number of pyridine rings is 2. The SMILES string of the molecule is Oc1ccccc1-c1nc2c(-c3cccc(-c4cc(-c5ccc(-c6ccccc6)cc5)ccn4)c3)nccc2n1-c1ccccc1. The van der Waals surface area contributed by atoms with Crippen LogP contribution in [0.25, 0.3) is 72.9 Å². The van der Waals surface area contributed by atoms with Gasteiger partial charge >= 0.3 is 0 Å². The normalized spacial score (nSPS) is 11.1. The fourth-order valence-corrected chi connectivity index (χ4v) is 5.98. The van der Waals surface area contributed by atoms with Crippen molar-refractivity contribution in [3.63, 3.8) is 0 Å². The molecule has 5 aromatic carbocycles. The van der Waals surface area contributed by atoms with Crippen LogP contribution in [0.15, 0.2) is 164 Å². The summed E-state index contributed by atoms with van der Waals surface area (Å²) in [5, 5.41) is 10.8. The van der Waals surface area contributed by atoms with Crippen molar-refractivity contribution in [1.82, 2.24) is 19.5 Å². The summed E-state index contributed by atoms with van der Waals surface area (Å²) in [6.07, 6.45) is 3.68. The van der Waals surface area contributed by atoms with E-state index in [2.05, 4.69) is 77.4 Å². The van der Waals surface area contributed by atoms with E-state index < -0.39 is 0 Å². The predicted molar refractivity (Wildman–Crippen MR) is 186 cm³/mol. The van der Waals surface area contributed by atoms with Gasteiger partial charge in [-0.05, 0) is 70.8 Å². The molecule has 0 saturated carbocycles. The molecule has 0 fully saturated rings. The van der Waals surface area contributed by atoms with Crippen LogP contribution in [0.3, 0.4) is 0 Å². The van der Waals surface area contributed by atoms with Crippen LogP contribution < -0.4 is 0 Å². The molecule has 218 valence electrons. The topological polar surface area (TPSA) is 63.8 Å². The highest BCUT2D eigenvalue weighted by atomic mass is 16.3. The molecule has 5 heteroatoms. The molecule has 3 aromatic heterocycles. The summed E-state index contributed by atoms with van der Waals surface area (Å²) >= 11 is 0. The average molecular weight is 593 g/mol. The Bertz CT molecular complexity index is 2310. The monoisotopic (exact) mass is 592 g/mol. The first-order valence-corrected chi connectivity index (χ1v) is 15.2. The van der Waals surface area contributed by atoms with Crippen molar-refractivity contribution in [3.8, 4) is 67.6 Å². The summed E-state index contributed by atoms with van der Waals surface area (Å²) in [4.78, 5) is 14.7. The molecule has 8 rings (SSSR count). The van der Waals surface area contributed by atoms with Gasteiger partial charge in [0, 0.05) is 29.2 Å². The van der Waals surface area contributed by atoms with E-state index in [1.54, 1.807) is 6.07 Å². The van der Waals surface area contributed by atoms with E-state index in [1.165, 1.54) is 11.1 Å². The Balaban J connectivity index is 1.20. The van der Waals surface area contributed by atoms with E-state index in [0.717, 1.165) is 50.4 Å². The fraction of sp³-hybridized carbons (Fsp3) is 0. The molecule has 0 atom stereocenters. The van der Waals surface area contributed by atoms with Gasteiger partial charge in [0.1, 0.15) is 17.1 Å². The lowest BCUT2D eigenvalue weighted by atomic mass is 9.99. The van der Waals surface area contributed by atoms with Crippen molar-refractivity contribution < 1.29 is 5.11 Å². The fourth-order valence-electron chi connectivity index (χ4n) is 5.98. The molecule has 46 heavy (non-hydrogen) atoms. The number of phenols is 1. The van der Waals surface area contributed by atoms with Gasteiger partial charge in [-0.15, -0.1) is 0 Å². The van der Waals surface area contributed by atoms with E-state index in [4.69, 9.17) is 15.0 Å². The molecule has 8 aromatic rings. The molecular formula is C41H28N4O. The van der Waals surface area contributed by atoms with Crippen molar-refractivity contribution in [2.45, 2.75) is 0 Å². The minimum Gasteiger partial charge on any atom is -0.507 e. The van der Waals surface area contributed by atoms with Crippen molar-refractivity contribution in [2.24, 2.45) is 0 Å². The highest BCUT2D eigenvalue weighted by molar-refractivity contribution is 5.94. The van der Waals surface area contributed by atoms with E-state index in [-0.39, 0.29) is 5.75 Å². The van der Waals surface area contributed by atoms with Gasteiger partial charge in [0.05, 0.1) is 22.5 Å². The van der Waals surface area contributed by atoms with Crippen molar-refractivity contribution in [3.05, 3.63) is 164 Å². The lowest BCUT2D eigenvalue weighted by molar-refractivity contribution is 0.477. The van der Waals surface area contributed by atoms with Gasteiger partial charge in [-0.25, -0.2) is 4.98 Å². The summed E-state index contributed by atoms with van der Waals surface area (Å²) in [5.41, 5.74) is 11.4. The van der Waals surface area contributed by atoms with Gasteiger partial charge < -0.3 is 5.11 Å². The molecule has 5 nitrogen and oxygen atoms in total. The van der Waals surface area contributed by atoms with E-state index >= 15 is 0 Å². The number of para-hydroxylation sites is 2. The summed E-state index contributed by atoms with van der Waals surface area (Å²) in [7, 11) is 0. The van der Waals surface area contributed by atoms with Crippen molar-refractivity contribution in [1.29, 1.82) is 0 Å². The first-order chi connectivity index (χ1) is 22.7. The molecule has 0 saturated heterocycles. The quantitative estimate of drug-likeness (QED) is 0.209. The Morgan fingerprint density at radius 2 is 1.11 bits per heavy atom. The summed E-state index contributed by atoms with van der Waals surface area (Å²) in [6, 6.07) is 50.8. The maximum absolute atomic E-state index is 10.8. The highest BCUT2D eigenvalue weighted by Gasteiger charge is 2.20. The number of hydrogen-bond donors (Lipinski definition) is 1. The molecule has 0 radical (unpaired) electrons. The van der Waals surface area contributed by atoms with Gasteiger partial charge in [-0.1, -0.05) is 103 Å². The van der Waals surface area contributed by atoms with Gasteiger partial charge in [0.25, 0.3) is 0 Å². The Hall–Kier alpha value is -6.33. The third-order valence-electron chi connectivity index (χ3n) is 8.25. The van der Waals surface area contributed by atoms with Crippen LogP contribution >= 0.6 is 0 Å². The number of hydrogen-bond acceptors (Lipinski definition) is 4. The van der Waals surface area contributed by atoms with Crippen LogP contribution in [0.1, 0.15) is 0 Å². The van der Waals surface area contributed by atoms with Gasteiger partial charge in [0.2, 0.25) is 0 Å². The van der Waals surface area contributed by atoms with Gasteiger partial charge in [-0.2, -0.15) is 0 Å². The standard InChI is InChI=1S/C41H28N4O/c46-38-17-8-7-16-35(38)41-44-40-37(45(41)34-14-5-2-6-15-34)23-25-43-39(40)33-13-9-12-32(26-33)36-27-31(22-24-42-36)30-20-18-29(19-21-30)28-10-3-1-4-11-28/h1-27,46H. The van der Waals surface area contributed by atoms with Crippen LogP contribution in [0, 0.1) is 0 Å². The summed E-state index contributed by atoms with van der Waals surface area (Å²) in [5.74, 6) is 0.824. The Morgan fingerprint density at radius 1 is 0.478 bits per heavy atom. The Kier molecular flexibility index (Phi) is 6.89. The first-order valence-electron chi connectivity index (χ1n) is 15.2. The summed E-state index contributed by atoms with van der Waals surface area (Å²) in [6.45, 7) is 0. The van der Waals surface area contributed by atoms with Crippen LogP contribution in [0.5, 0.6) is 5.75 Å². The van der Waals surface area contributed by atoms with E-state index in [1.807, 2.05) is 85.2 Å². The second-order valence-corrected chi connectivity index (χ2v) is 11.1. The maximum atomic E-state index is 10.8. The number of aromatic nitrogens is 4. The molecule has 3 heterocycles. The van der Waals surface area contributed by atoms with E-state index in [9.17, 15) is 5.11 Å². The maximum Gasteiger partial charge on any atom is 0.149 e. The molecule has 1 N–H and O–H groups in total. The number of benzene rings is 5. The molecule has 0 aliphatic rings. The zero-order chi connectivity index (χ0) is 30.9. The minimum absolute atomic E-state index is 0.173. The van der Waals surface area contributed by atoms with E-state index in [0.29, 0.717) is 11.4 Å². The Morgan fingerprint density at radius 3 is 1.89 bits per heavy atom. The van der Waals surface area contributed by atoms with Crippen LogP contribution in [0.2, 0.25) is 0 Å². The predicted octanol–water partition coefficient (Wildman–Crippen LogP) is 9.86. The molecule has 0 amide bonds. The number of imidazole rings is 1. The Labute approximate surface area is 266 Å². The summed E-state index contributed by atoms with van der Waals surface area (Å²) < 4.78 is 2.08. The second kappa shape index (κ2) is 11.6. The van der Waals surface area contributed by atoms with Gasteiger partial charge in [-0.3, -0.25) is 14.5 Å². The number of fused-ring (bicyclic) bond motifs is 1. The van der Waals surface area contributed by atoms with Crippen LogP contribution in [-0.2, 0) is 0 Å². The smallest absolute Gasteiger partial charge is 0.149 e. The molecule has 0 spiro atoms. The highest BCUT2D eigenvalue weighted by Crippen LogP contribution is 2.37. The average Bonchev–Trinajstić information content (AvgIpc) is 3.52. The zero-order valence-electron chi connectivity index (χ0n) is 24.8. The largest absolute Gasteiger partial charge is 0.507 e. The van der Waals surface area contributed by atoms with Gasteiger partial charge in [0.15, 0.2) is 0 Å².